The number of amides is 1. The van der Waals surface area contributed by atoms with E-state index < -0.39 is 6.09 Å². The monoisotopic (exact) mass is 308 g/mol. The molecule has 102 valence electrons. The van der Waals surface area contributed by atoms with Gasteiger partial charge in [0.05, 0.1) is 16.9 Å². The molecule has 0 unspecified atom stereocenters. The van der Waals surface area contributed by atoms with Crippen molar-refractivity contribution < 1.29 is 9.63 Å². The van der Waals surface area contributed by atoms with Crippen LogP contribution in [0.15, 0.2) is 53.7 Å². The highest BCUT2D eigenvalue weighted by Crippen LogP contribution is 2.25. The molecule has 0 heterocycles. The summed E-state index contributed by atoms with van der Waals surface area (Å²) in [6.45, 7) is 0. The Hall–Kier alpha value is -2.04. The molecule has 1 amide bonds. The molecule has 1 N–H and O–H groups in total. The molecule has 20 heavy (non-hydrogen) atoms. The van der Waals surface area contributed by atoms with E-state index in [4.69, 9.17) is 23.2 Å². The third kappa shape index (κ3) is 4.26. The fourth-order valence-electron chi connectivity index (χ4n) is 1.40. The van der Waals surface area contributed by atoms with E-state index >= 15 is 0 Å². The molecule has 0 saturated carbocycles. The zero-order valence-corrected chi connectivity index (χ0v) is 11.7. The highest BCUT2D eigenvalue weighted by atomic mass is 35.5. The van der Waals surface area contributed by atoms with Crippen LogP contribution in [0.4, 0.5) is 10.5 Å². The Kier molecular flexibility index (Phi) is 4.98. The molecule has 0 bridgehead atoms. The van der Waals surface area contributed by atoms with Gasteiger partial charge in [0, 0.05) is 5.02 Å². The van der Waals surface area contributed by atoms with E-state index in [0.29, 0.717) is 15.7 Å². The van der Waals surface area contributed by atoms with Gasteiger partial charge < -0.3 is 0 Å². The van der Waals surface area contributed by atoms with Crippen LogP contribution in [-0.4, -0.2) is 12.3 Å². The Labute approximate surface area is 125 Å². The van der Waals surface area contributed by atoms with Crippen LogP contribution in [0.5, 0.6) is 0 Å². The molecule has 0 atom stereocenters. The summed E-state index contributed by atoms with van der Waals surface area (Å²) in [5, 5.41) is 6.84. The quantitative estimate of drug-likeness (QED) is 0.513. The van der Waals surface area contributed by atoms with Crippen molar-refractivity contribution in [3.63, 3.8) is 0 Å². The molecule has 0 aliphatic carbocycles. The van der Waals surface area contributed by atoms with Crippen LogP contribution in [0.3, 0.4) is 0 Å². The maximum atomic E-state index is 11.5. The number of nitrogens with one attached hydrogen (secondary N) is 1. The van der Waals surface area contributed by atoms with E-state index in [-0.39, 0.29) is 0 Å². The van der Waals surface area contributed by atoms with Gasteiger partial charge in [-0.2, -0.15) is 0 Å². The van der Waals surface area contributed by atoms with E-state index in [2.05, 4.69) is 15.3 Å². The van der Waals surface area contributed by atoms with E-state index in [1.807, 2.05) is 30.3 Å². The number of hydrogen-bond acceptors (Lipinski definition) is 3. The normalized spacial score (nSPS) is 10.5. The number of rotatable bonds is 3. The van der Waals surface area contributed by atoms with E-state index in [9.17, 15) is 4.79 Å². The van der Waals surface area contributed by atoms with Crippen LogP contribution in [0.2, 0.25) is 10.0 Å². The Bertz CT molecular complexity index is 630. The average Bonchev–Trinajstić information content (AvgIpc) is 2.43. The predicted molar refractivity (Wildman–Crippen MR) is 80.6 cm³/mol. The second kappa shape index (κ2) is 6.93. The number of carbonyl (C=O) groups excluding carboxylic acids is 1. The highest BCUT2D eigenvalue weighted by molar-refractivity contribution is 6.36. The third-order valence-electron chi connectivity index (χ3n) is 2.30. The van der Waals surface area contributed by atoms with Gasteiger partial charge in [0.1, 0.15) is 0 Å². The second-order valence-electron chi connectivity index (χ2n) is 3.77. The molecule has 0 aromatic heterocycles. The molecule has 0 spiro atoms. The largest absolute Gasteiger partial charge is 0.437 e. The summed E-state index contributed by atoms with van der Waals surface area (Å²) >= 11 is 11.7. The van der Waals surface area contributed by atoms with Crippen molar-refractivity contribution in [3.8, 4) is 0 Å². The molecule has 0 aliphatic rings. The van der Waals surface area contributed by atoms with Crippen LogP contribution >= 0.6 is 23.2 Å². The predicted octanol–water partition coefficient (Wildman–Crippen LogP) is 4.58. The van der Waals surface area contributed by atoms with Crippen molar-refractivity contribution in [2.75, 3.05) is 5.32 Å². The molecular weight excluding hydrogens is 299 g/mol. The molecule has 6 heteroatoms. The SMILES string of the molecule is O=C(Nc1ccc(Cl)cc1Cl)O/N=C/c1ccccc1. The maximum Gasteiger partial charge on any atom is 0.437 e. The third-order valence-corrected chi connectivity index (χ3v) is 2.85. The summed E-state index contributed by atoms with van der Waals surface area (Å²) in [6.07, 6.45) is 0.699. The minimum Gasteiger partial charge on any atom is -0.298 e. The zero-order chi connectivity index (χ0) is 14.4. The van der Waals surface area contributed by atoms with E-state index in [1.54, 1.807) is 12.1 Å². The summed E-state index contributed by atoms with van der Waals surface area (Å²) in [5.41, 5.74) is 1.22. The van der Waals surface area contributed by atoms with Crippen molar-refractivity contribution in [2.45, 2.75) is 0 Å². The Morgan fingerprint density at radius 2 is 1.90 bits per heavy atom. The number of nitrogens with zero attached hydrogens (tertiary/aromatic N) is 1. The Balaban J connectivity index is 1.91. The number of anilines is 1. The lowest BCUT2D eigenvalue weighted by Crippen LogP contribution is -2.11. The number of benzene rings is 2. The lowest BCUT2D eigenvalue weighted by atomic mass is 10.2. The van der Waals surface area contributed by atoms with Crippen molar-refractivity contribution in [2.24, 2.45) is 5.16 Å². The minimum absolute atomic E-state index is 0.321. The smallest absolute Gasteiger partial charge is 0.298 e. The summed E-state index contributed by atoms with van der Waals surface area (Å²) in [4.78, 5) is 16.2. The first-order valence-electron chi connectivity index (χ1n) is 5.66. The molecule has 0 aliphatic heterocycles. The van der Waals surface area contributed by atoms with Crippen molar-refractivity contribution in [1.82, 2.24) is 0 Å². The molecule has 0 fully saturated rings. The first-order chi connectivity index (χ1) is 9.65. The lowest BCUT2D eigenvalue weighted by molar-refractivity contribution is 0.167. The zero-order valence-electron chi connectivity index (χ0n) is 10.2. The summed E-state index contributed by atoms with van der Waals surface area (Å²) in [6, 6.07) is 14.0. The molecular formula is C14H10Cl2N2O2. The fraction of sp³-hybridized carbons (Fsp3) is 0. The fourth-order valence-corrected chi connectivity index (χ4v) is 1.85. The summed E-state index contributed by atoms with van der Waals surface area (Å²) in [5.74, 6) is 0. The van der Waals surface area contributed by atoms with E-state index in [1.165, 1.54) is 12.3 Å². The van der Waals surface area contributed by atoms with Gasteiger partial charge in [-0.25, -0.2) is 4.79 Å². The molecule has 0 radical (unpaired) electrons. The minimum atomic E-state index is -0.735. The topological polar surface area (TPSA) is 50.7 Å². The standard InChI is InChI=1S/C14H10Cl2N2O2/c15-11-6-7-13(12(16)8-11)18-14(19)20-17-9-10-4-2-1-3-5-10/h1-9H,(H,18,19)/b17-9+. The van der Waals surface area contributed by atoms with Gasteiger partial charge in [0.25, 0.3) is 0 Å². The van der Waals surface area contributed by atoms with Gasteiger partial charge in [0.15, 0.2) is 0 Å². The summed E-state index contributed by atoms with van der Waals surface area (Å²) < 4.78 is 0. The average molecular weight is 309 g/mol. The molecule has 2 aromatic carbocycles. The number of carbonyl (C=O) groups is 1. The highest BCUT2D eigenvalue weighted by Gasteiger charge is 2.06. The first-order valence-corrected chi connectivity index (χ1v) is 6.42. The lowest BCUT2D eigenvalue weighted by Gasteiger charge is -2.04. The van der Waals surface area contributed by atoms with Gasteiger partial charge in [-0.05, 0) is 23.8 Å². The van der Waals surface area contributed by atoms with Crippen molar-refractivity contribution >= 4 is 41.2 Å². The van der Waals surface area contributed by atoms with Gasteiger partial charge >= 0.3 is 6.09 Å². The Morgan fingerprint density at radius 1 is 1.15 bits per heavy atom. The van der Waals surface area contributed by atoms with Crippen LogP contribution < -0.4 is 5.32 Å². The number of halogens is 2. The number of hydrogen-bond donors (Lipinski definition) is 1. The van der Waals surface area contributed by atoms with Crippen LogP contribution in [-0.2, 0) is 4.84 Å². The van der Waals surface area contributed by atoms with Gasteiger partial charge in [-0.15, -0.1) is 0 Å². The first kappa shape index (κ1) is 14.4. The second-order valence-corrected chi connectivity index (χ2v) is 4.62. The van der Waals surface area contributed by atoms with Gasteiger partial charge in [0.2, 0.25) is 0 Å². The molecule has 2 rings (SSSR count). The maximum absolute atomic E-state index is 11.5. The van der Waals surface area contributed by atoms with Crippen LogP contribution in [0.25, 0.3) is 0 Å². The molecule has 2 aromatic rings. The van der Waals surface area contributed by atoms with Crippen LogP contribution in [0, 0.1) is 0 Å². The van der Waals surface area contributed by atoms with Crippen molar-refractivity contribution in [3.05, 3.63) is 64.1 Å². The summed E-state index contributed by atoms with van der Waals surface area (Å²) in [7, 11) is 0. The Morgan fingerprint density at radius 3 is 2.60 bits per heavy atom. The van der Waals surface area contributed by atoms with Gasteiger partial charge in [-0.3, -0.25) is 10.2 Å². The molecule has 4 nitrogen and oxygen atoms in total. The van der Waals surface area contributed by atoms with Gasteiger partial charge in [-0.1, -0.05) is 58.7 Å². The number of oxime groups is 1. The molecule has 0 saturated heterocycles. The van der Waals surface area contributed by atoms with Crippen molar-refractivity contribution in [1.29, 1.82) is 0 Å². The van der Waals surface area contributed by atoms with E-state index in [0.717, 1.165) is 5.56 Å². The van der Waals surface area contributed by atoms with Crippen LogP contribution in [0.1, 0.15) is 5.56 Å².